The molecule has 5 atom stereocenters. The summed E-state index contributed by atoms with van der Waals surface area (Å²) in [5.41, 5.74) is -1.11. The van der Waals surface area contributed by atoms with Crippen LogP contribution in [0.2, 0.25) is 18.1 Å². The van der Waals surface area contributed by atoms with Gasteiger partial charge in [0.15, 0.2) is 8.32 Å². The van der Waals surface area contributed by atoms with Gasteiger partial charge in [0.25, 0.3) is 0 Å². The molecule has 2 fully saturated rings. The summed E-state index contributed by atoms with van der Waals surface area (Å²) in [6.45, 7) is 11.2. The maximum Gasteiger partial charge on any atom is 0.246 e. The molecule has 27 heavy (non-hydrogen) atoms. The van der Waals surface area contributed by atoms with Crippen LogP contribution in [0, 0.1) is 17.3 Å². The zero-order valence-electron chi connectivity index (χ0n) is 17.6. The van der Waals surface area contributed by atoms with Gasteiger partial charge >= 0.3 is 0 Å². The van der Waals surface area contributed by atoms with Crippen molar-refractivity contribution in [2.24, 2.45) is 17.3 Å². The number of fused-ring (bicyclic) bond motifs is 1. The predicted octanol–water partition coefficient (Wildman–Crippen LogP) is 3.16. The SMILES string of the molecule is CN1C=C[C@@H]2[C@@H]3C=CC(=O)N(C)[C@@]34CC[C@@H](O[Si](C)(C)C(C)(C)C)[C@@]24C1=O. The van der Waals surface area contributed by atoms with Gasteiger partial charge in [-0.05, 0) is 37.0 Å². The van der Waals surface area contributed by atoms with E-state index in [1.807, 2.05) is 31.3 Å². The Labute approximate surface area is 163 Å². The summed E-state index contributed by atoms with van der Waals surface area (Å²) in [7, 11) is 1.64. The van der Waals surface area contributed by atoms with Crippen LogP contribution in [0.3, 0.4) is 0 Å². The molecular formula is C21H32N2O3Si. The van der Waals surface area contributed by atoms with E-state index in [1.54, 1.807) is 11.0 Å². The van der Waals surface area contributed by atoms with Gasteiger partial charge in [0.1, 0.15) is 5.41 Å². The van der Waals surface area contributed by atoms with Crippen LogP contribution >= 0.6 is 0 Å². The molecule has 4 rings (SSSR count). The van der Waals surface area contributed by atoms with Crippen molar-refractivity contribution >= 4 is 20.1 Å². The van der Waals surface area contributed by atoms with Crippen molar-refractivity contribution < 1.29 is 14.0 Å². The zero-order chi connectivity index (χ0) is 20.0. The normalized spacial score (nSPS) is 40.6. The van der Waals surface area contributed by atoms with E-state index in [-0.39, 0.29) is 34.8 Å². The minimum Gasteiger partial charge on any atom is -0.413 e. The van der Waals surface area contributed by atoms with Gasteiger partial charge in [0.2, 0.25) is 11.8 Å². The molecule has 0 aromatic heterocycles. The number of nitrogens with zero attached hydrogens (tertiary/aromatic N) is 2. The molecule has 2 heterocycles. The number of carbonyl (C=O) groups is 2. The van der Waals surface area contributed by atoms with Crippen LogP contribution in [-0.4, -0.2) is 55.7 Å². The molecule has 2 aliphatic carbocycles. The summed E-state index contributed by atoms with van der Waals surface area (Å²) in [4.78, 5) is 29.8. The zero-order valence-corrected chi connectivity index (χ0v) is 18.6. The molecule has 0 radical (unpaired) electrons. The van der Waals surface area contributed by atoms with Crippen LogP contribution in [0.5, 0.6) is 0 Å². The maximum absolute atomic E-state index is 13.7. The largest absolute Gasteiger partial charge is 0.413 e. The van der Waals surface area contributed by atoms with Gasteiger partial charge < -0.3 is 14.2 Å². The minimum atomic E-state index is -2.06. The lowest BCUT2D eigenvalue weighted by Crippen LogP contribution is -2.82. The highest BCUT2D eigenvalue weighted by Gasteiger charge is 2.83. The quantitative estimate of drug-likeness (QED) is 0.683. The second kappa shape index (κ2) is 5.35. The van der Waals surface area contributed by atoms with E-state index in [4.69, 9.17) is 4.43 Å². The van der Waals surface area contributed by atoms with E-state index in [9.17, 15) is 9.59 Å². The topological polar surface area (TPSA) is 49.9 Å². The number of hydrogen-bond acceptors (Lipinski definition) is 3. The third kappa shape index (κ3) is 1.98. The van der Waals surface area contributed by atoms with Gasteiger partial charge in [-0.2, -0.15) is 0 Å². The fourth-order valence-corrected chi connectivity index (χ4v) is 7.31. The molecular weight excluding hydrogens is 356 g/mol. The van der Waals surface area contributed by atoms with Crippen molar-refractivity contribution in [2.45, 2.75) is 63.4 Å². The van der Waals surface area contributed by atoms with E-state index in [0.717, 1.165) is 12.8 Å². The monoisotopic (exact) mass is 388 g/mol. The molecule has 6 heteroatoms. The lowest BCUT2D eigenvalue weighted by molar-refractivity contribution is -0.213. The summed E-state index contributed by atoms with van der Waals surface area (Å²) in [5, 5.41) is 0.0751. The Bertz CT molecular complexity index is 768. The Balaban J connectivity index is 1.84. The summed E-state index contributed by atoms with van der Waals surface area (Å²) in [5.74, 6) is 0.414. The highest BCUT2D eigenvalue weighted by molar-refractivity contribution is 6.74. The van der Waals surface area contributed by atoms with Crippen molar-refractivity contribution in [2.75, 3.05) is 14.1 Å². The van der Waals surface area contributed by atoms with Gasteiger partial charge in [-0.25, -0.2) is 0 Å². The smallest absolute Gasteiger partial charge is 0.246 e. The number of carbonyl (C=O) groups excluding carboxylic acids is 2. The van der Waals surface area contributed by atoms with E-state index < -0.39 is 19.3 Å². The summed E-state index contributed by atoms with van der Waals surface area (Å²) >= 11 is 0. The molecule has 2 amide bonds. The first kappa shape index (κ1) is 18.9. The molecule has 0 bridgehead atoms. The Kier molecular flexibility index (Phi) is 3.75. The first-order valence-corrected chi connectivity index (χ1v) is 12.9. The van der Waals surface area contributed by atoms with E-state index >= 15 is 0 Å². The highest BCUT2D eigenvalue weighted by atomic mass is 28.4. The summed E-state index contributed by atoms with van der Waals surface area (Å²) in [6, 6.07) is 0. The summed E-state index contributed by atoms with van der Waals surface area (Å²) in [6.07, 6.45) is 9.31. The average molecular weight is 389 g/mol. The van der Waals surface area contributed by atoms with Gasteiger partial charge in [-0.1, -0.05) is 32.9 Å². The second-order valence-corrected chi connectivity index (χ2v) is 15.0. The molecule has 0 saturated heterocycles. The van der Waals surface area contributed by atoms with Crippen LogP contribution in [0.25, 0.3) is 0 Å². The van der Waals surface area contributed by atoms with Gasteiger partial charge in [0.05, 0.1) is 11.6 Å². The van der Waals surface area contributed by atoms with E-state index in [2.05, 4.69) is 39.9 Å². The van der Waals surface area contributed by atoms with Crippen LogP contribution in [0.1, 0.15) is 33.6 Å². The van der Waals surface area contributed by atoms with Crippen LogP contribution in [0.15, 0.2) is 24.4 Å². The number of allylic oxidation sites excluding steroid dienone is 1. The first-order valence-electron chi connectivity index (χ1n) is 10.0. The van der Waals surface area contributed by atoms with Gasteiger partial charge in [-0.3, -0.25) is 9.59 Å². The average Bonchev–Trinajstić information content (AvgIpc) is 2.79. The predicted molar refractivity (Wildman–Crippen MR) is 107 cm³/mol. The van der Waals surface area contributed by atoms with Crippen molar-refractivity contribution in [3.05, 3.63) is 24.4 Å². The molecule has 2 spiro atoms. The first-order chi connectivity index (χ1) is 12.4. The fraction of sp³-hybridized carbons (Fsp3) is 0.714. The molecule has 0 N–H and O–H groups in total. The number of likely N-dealkylation sites (N-methyl/N-ethyl adjacent to an activating group) is 1. The van der Waals surface area contributed by atoms with E-state index in [0.29, 0.717) is 0 Å². The Morgan fingerprint density at radius 1 is 1.15 bits per heavy atom. The van der Waals surface area contributed by atoms with Crippen LogP contribution < -0.4 is 0 Å². The molecule has 0 aromatic carbocycles. The molecule has 2 saturated carbocycles. The minimum absolute atomic E-state index is 0.00191. The molecule has 2 aliphatic heterocycles. The van der Waals surface area contributed by atoms with Crippen molar-refractivity contribution in [1.29, 1.82) is 0 Å². The maximum atomic E-state index is 13.7. The van der Waals surface area contributed by atoms with Crippen molar-refractivity contribution in [3.8, 4) is 0 Å². The lowest BCUT2D eigenvalue weighted by atomic mass is 9.40. The third-order valence-corrected chi connectivity index (χ3v) is 12.8. The van der Waals surface area contributed by atoms with Crippen LogP contribution in [-0.2, 0) is 14.0 Å². The van der Waals surface area contributed by atoms with Crippen LogP contribution in [0.4, 0.5) is 0 Å². The number of rotatable bonds is 2. The number of amides is 2. The molecule has 0 unspecified atom stereocenters. The van der Waals surface area contributed by atoms with Gasteiger partial charge in [-0.15, -0.1) is 0 Å². The summed E-state index contributed by atoms with van der Waals surface area (Å²) < 4.78 is 6.90. The Morgan fingerprint density at radius 3 is 2.44 bits per heavy atom. The Morgan fingerprint density at radius 2 is 1.81 bits per heavy atom. The van der Waals surface area contributed by atoms with Crippen molar-refractivity contribution in [3.63, 3.8) is 0 Å². The molecule has 148 valence electrons. The van der Waals surface area contributed by atoms with Gasteiger partial charge in [0, 0.05) is 32.1 Å². The molecule has 5 nitrogen and oxygen atoms in total. The number of hydrogen-bond donors (Lipinski definition) is 0. The molecule has 4 aliphatic rings. The molecule has 0 aromatic rings. The van der Waals surface area contributed by atoms with Crippen molar-refractivity contribution in [1.82, 2.24) is 9.80 Å². The fourth-order valence-electron chi connectivity index (χ4n) is 5.94. The lowest BCUT2D eigenvalue weighted by Gasteiger charge is -2.70. The standard InChI is InChI=1S/C21H32N2O3Si/c1-19(2,3)27(6,7)26-16-10-12-20-14(8-9-17(24)23(20)5)15-11-13-22(4)18(25)21(15,16)20/h8-9,11,13-16H,10,12H2,1-7H3/t14-,15+,16+,20-,21+/m0/s1. The van der Waals surface area contributed by atoms with E-state index in [1.165, 1.54) is 0 Å². The second-order valence-electron chi connectivity index (χ2n) is 10.3. The Hall–Kier alpha value is -1.40. The third-order valence-electron chi connectivity index (χ3n) is 8.29. The highest BCUT2D eigenvalue weighted by Crippen LogP contribution is 2.73.